The zero-order valence-electron chi connectivity index (χ0n) is 8.95. The van der Waals surface area contributed by atoms with Crippen LogP contribution in [-0.2, 0) is 20.3 Å². The molecule has 1 amide bonds. The second-order valence-electron chi connectivity index (χ2n) is 3.56. The number of nitrogens with one attached hydrogen (secondary N) is 2. The molecule has 6 heteroatoms. The van der Waals surface area contributed by atoms with E-state index in [-0.39, 0.29) is 11.9 Å². The zero-order chi connectivity index (χ0) is 11.1. The number of amides is 1. The van der Waals surface area contributed by atoms with Crippen molar-refractivity contribution in [3.8, 4) is 0 Å². The molecular weight excluding hydrogens is 216 g/mol. The SMILES string of the molecule is CS(=O)CCNC(=O)CC1COCCN1. The Hall–Kier alpha value is -0.460. The monoisotopic (exact) mass is 234 g/mol. The molecule has 0 spiro atoms. The van der Waals surface area contributed by atoms with E-state index < -0.39 is 10.8 Å². The molecule has 2 unspecified atom stereocenters. The standard InChI is InChI=1S/C9H18N2O3S/c1-15(13)5-3-11-9(12)6-8-7-14-4-2-10-8/h8,10H,2-7H2,1H3,(H,11,12). The molecule has 0 radical (unpaired) electrons. The van der Waals surface area contributed by atoms with Crippen LogP contribution in [0.3, 0.4) is 0 Å². The molecule has 2 atom stereocenters. The average Bonchev–Trinajstić information content (AvgIpc) is 2.18. The normalized spacial score (nSPS) is 23.4. The molecule has 1 heterocycles. The second kappa shape index (κ2) is 6.92. The van der Waals surface area contributed by atoms with Crippen molar-refractivity contribution in [1.29, 1.82) is 0 Å². The van der Waals surface area contributed by atoms with Crippen LogP contribution in [0.5, 0.6) is 0 Å². The molecule has 0 aromatic rings. The van der Waals surface area contributed by atoms with E-state index in [0.717, 1.165) is 6.54 Å². The Labute approximate surface area is 92.4 Å². The van der Waals surface area contributed by atoms with Gasteiger partial charge in [0.25, 0.3) is 0 Å². The van der Waals surface area contributed by atoms with Crippen LogP contribution in [0, 0.1) is 0 Å². The number of morpholine rings is 1. The Morgan fingerprint density at radius 1 is 1.67 bits per heavy atom. The summed E-state index contributed by atoms with van der Waals surface area (Å²) in [5.41, 5.74) is 0. The van der Waals surface area contributed by atoms with E-state index in [9.17, 15) is 9.00 Å². The zero-order valence-corrected chi connectivity index (χ0v) is 9.77. The van der Waals surface area contributed by atoms with Crippen LogP contribution in [0.15, 0.2) is 0 Å². The maximum absolute atomic E-state index is 11.4. The van der Waals surface area contributed by atoms with Gasteiger partial charge in [-0.05, 0) is 0 Å². The third-order valence-corrected chi connectivity index (χ3v) is 2.92. The highest BCUT2D eigenvalue weighted by Crippen LogP contribution is 1.97. The van der Waals surface area contributed by atoms with E-state index in [2.05, 4.69) is 10.6 Å². The number of carbonyl (C=O) groups excluding carboxylic acids is 1. The molecule has 2 N–H and O–H groups in total. The summed E-state index contributed by atoms with van der Waals surface area (Å²) in [5, 5.41) is 5.94. The Bertz CT molecular complexity index is 229. The Balaban J connectivity index is 2.09. The van der Waals surface area contributed by atoms with Gasteiger partial charge in [0.15, 0.2) is 0 Å². The van der Waals surface area contributed by atoms with Crippen LogP contribution in [0.4, 0.5) is 0 Å². The highest BCUT2D eigenvalue weighted by atomic mass is 32.2. The number of ether oxygens (including phenoxy) is 1. The lowest BCUT2D eigenvalue weighted by atomic mass is 10.2. The van der Waals surface area contributed by atoms with E-state index in [1.807, 2.05) is 0 Å². The van der Waals surface area contributed by atoms with Crippen LogP contribution in [0.2, 0.25) is 0 Å². The van der Waals surface area contributed by atoms with Gasteiger partial charge in [-0.2, -0.15) is 0 Å². The highest BCUT2D eigenvalue weighted by Gasteiger charge is 2.16. The van der Waals surface area contributed by atoms with Gasteiger partial charge in [0.05, 0.1) is 13.2 Å². The van der Waals surface area contributed by atoms with Crippen LogP contribution in [0.1, 0.15) is 6.42 Å². The summed E-state index contributed by atoms with van der Waals surface area (Å²) in [6.07, 6.45) is 2.05. The van der Waals surface area contributed by atoms with Crippen LogP contribution < -0.4 is 10.6 Å². The molecule has 1 saturated heterocycles. The molecular formula is C9H18N2O3S. The predicted molar refractivity (Wildman–Crippen MR) is 59.2 cm³/mol. The fraction of sp³-hybridized carbons (Fsp3) is 0.889. The minimum absolute atomic E-state index is 0.0107. The predicted octanol–water partition coefficient (Wildman–Crippen LogP) is -1.14. The first-order chi connectivity index (χ1) is 7.18. The van der Waals surface area contributed by atoms with Crippen molar-refractivity contribution in [1.82, 2.24) is 10.6 Å². The summed E-state index contributed by atoms with van der Waals surface area (Å²) in [4.78, 5) is 11.4. The number of carbonyl (C=O) groups is 1. The summed E-state index contributed by atoms with van der Waals surface area (Å²) in [6, 6.07) is 0.117. The molecule has 0 bridgehead atoms. The minimum Gasteiger partial charge on any atom is -0.378 e. The van der Waals surface area contributed by atoms with Gasteiger partial charge in [-0.15, -0.1) is 0 Å². The van der Waals surface area contributed by atoms with Gasteiger partial charge in [0.2, 0.25) is 5.91 Å². The first kappa shape index (κ1) is 12.6. The van der Waals surface area contributed by atoms with E-state index in [4.69, 9.17) is 4.74 Å². The van der Waals surface area contributed by atoms with Gasteiger partial charge in [-0.25, -0.2) is 0 Å². The molecule has 1 aliphatic heterocycles. The Morgan fingerprint density at radius 2 is 2.47 bits per heavy atom. The summed E-state index contributed by atoms with van der Waals surface area (Å²) in [5.74, 6) is 0.504. The van der Waals surface area contributed by atoms with Gasteiger partial charge in [-0.1, -0.05) is 0 Å². The maximum atomic E-state index is 11.4. The lowest BCUT2D eigenvalue weighted by molar-refractivity contribution is -0.122. The van der Waals surface area contributed by atoms with Gasteiger partial charge >= 0.3 is 0 Å². The topological polar surface area (TPSA) is 67.4 Å². The van der Waals surface area contributed by atoms with Crippen LogP contribution >= 0.6 is 0 Å². The summed E-state index contributed by atoms with van der Waals surface area (Å²) >= 11 is 0. The van der Waals surface area contributed by atoms with Crippen LogP contribution in [-0.4, -0.2) is 54.5 Å². The second-order valence-corrected chi connectivity index (χ2v) is 5.11. The Morgan fingerprint density at radius 3 is 3.07 bits per heavy atom. The molecule has 0 aliphatic carbocycles. The van der Waals surface area contributed by atoms with Gasteiger partial charge < -0.3 is 15.4 Å². The lowest BCUT2D eigenvalue weighted by Crippen LogP contribution is -2.44. The number of hydrogen-bond donors (Lipinski definition) is 2. The quantitative estimate of drug-likeness (QED) is 0.631. The smallest absolute Gasteiger partial charge is 0.221 e. The fourth-order valence-corrected chi connectivity index (χ4v) is 1.77. The summed E-state index contributed by atoms with van der Waals surface area (Å²) < 4.78 is 16.0. The van der Waals surface area contributed by atoms with E-state index in [1.54, 1.807) is 6.26 Å². The van der Waals surface area contributed by atoms with E-state index in [1.165, 1.54) is 0 Å². The van der Waals surface area contributed by atoms with Crippen molar-refractivity contribution in [3.05, 3.63) is 0 Å². The van der Waals surface area contributed by atoms with E-state index >= 15 is 0 Å². The minimum atomic E-state index is -0.844. The van der Waals surface area contributed by atoms with E-state index in [0.29, 0.717) is 31.9 Å². The maximum Gasteiger partial charge on any atom is 0.221 e. The largest absolute Gasteiger partial charge is 0.378 e. The van der Waals surface area contributed by atoms with Crippen molar-refractivity contribution in [3.63, 3.8) is 0 Å². The molecule has 0 saturated carbocycles. The van der Waals surface area contributed by atoms with Crippen LogP contribution in [0.25, 0.3) is 0 Å². The van der Waals surface area contributed by atoms with Gasteiger partial charge in [0, 0.05) is 48.4 Å². The van der Waals surface area contributed by atoms with Gasteiger partial charge in [0.1, 0.15) is 0 Å². The van der Waals surface area contributed by atoms with Crippen molar-refractivity contribution in [2.75, 3.05) is 38.3 Å². The van der Waals surface area contributed by atoms with Gasteiger partial charge in [-0.3, -0.25) is 9.00 Å². The lowest BCUT2D eigenvalue weighted by Gasteiger charge is -2.23. The highest BCUT2D eigenvalue weighted by molar-refractivity contribution is 7.84. The summed E-state index contributed by atoms with van der Waals surface area (Å²) in [6.45, 7) is 2.59. The first-order valence-corrected chi connectivity index (χ1v) is 6.79. The third-order valence-electron chi connectivity index (χ3n) is 2.14. The van der Waals surface area contributed by atoms with Crippen molar-refractivity contribution >= 4 is 16.7 Å². The molecule has 0 aromatic heterocycles. The number of rotatable bonds is 5. The third kappa shape index (κ3) is 5.86. The van der Waals surface area contributed by atoms with Crippen molar-refractivity contribution in [2.45, 2.75) is 12.5 Å². The molecule has 15 heavy (non-hydrogen) atoms. The Kier molecular flexibility index (Phi) is 5.82. The molecule has 1 fully saturated rings. The van der Waals surface area contributed by atoms with Crippen molar-refractivity contribution in [2.24, 2.45) is 0 Å². The average molecular weight is 234 g/mol. The molecule has 1 aliphatic rings. The molecule has 5 nitrogen and oxygen atoms in total. The summed E-state index contributed by atoms with van der Waals surface area (Å²) in [7, 11) is -0.844. The molecule has 1 rings (SSSR count). The molecule has 88 valence electrons. The fourth-order valence-electron chi connectivity index (χ4n) is 1.38. The molecule has 0 aromatic carbocycles. The first-order valence-electron chi connectivity index (χ1n) is 5.06. The van der Waals surface area contributed by atoms with Crippen molar-refractivity contribution < 1.29 is 13.7 Å². The number of hydrogen-bond acceptors (Lipinski definition) is 4.